The number of carbonyl (C=O) groups is 3. The first-order valence-corrected chi connectivity index (χ1v) is 6.92. The third-order valence-corrected chi connectivity index (χ3v) is 3.09. The van der Waals surface area contributed by atoms with E-state index in [4.69, 9.17) is 15.6 Å². The number of carboxylic acid groups (broad SMARTS) is 2. The average Bonchev–Trinajstić information content (AvgIpc) is 2.53. The Morgan fingerprint density at radius 1 is 1.21 bits per heavy atom. The van der Waals surface area contributed by atoms with E-state index in [2.05, 4.69) is 0 Å². The molecule has 0 aliphatic heterocycles. The van der Waals surface area contributed by atoms with Crippen molar-refractivity contribution in [1.29, 1.82) is 0 Å². The molecule has 0 spiro atoms. The van der Waals surface area contributed by atoms with Gasteiger partial charge in [-0.3, -0.25) is 14.8 Å². The number of hydrogen-bond donors (Lipinski definition) is 5. The maximum atomic E-state index is 11.7. The van der Waals surface area contributed by atoms with Gasteiger partial charge in [0.25, 0.3) is 5.72 Å². The van der Waals surface area contributed by atoms with Gasteiger partial charge in [0, 0.05) is 12.8 Å². The molecule has 0 unspecified atom stereocenters. The summed E-state index contributed by atoms with van der Waals surface area (Å²) in [7, 11) is 0. The summed E-state index contributed by atoms with van der Waals surface area (Å²) in [6.45, 7) is -0.950. The van der Waals surface area contributed by atoms with Gasteiger partial charge < -0.3 is 20.7 Å². The largest absolute Gasteiger partial charge is 0.480 e. The molecule has 24 heavy (non-hydrogen) atoms. The molecule has 0 fully saturated rings. The van der Waals surface area contributed by atoms with Crippen molar-refractivity contribution in [2.45, 2.75) is 25.2 Å². The van der Waals surface area contributed by atoms with Gasteiger partial charge in [-0.15, -0.1) is 0 Å². The minimum absolute atomic E-state index is 0.0370. The fraction of sp³-hybridized carbons (Fsp3) is 0.357. The quantitative estimate of drug-likeness (QED) is 0.264. The van der Waals surface area contributed by atoms with E-state index >= 15 is 0 Å². The van der Waals surface area contributed by atoms with Crippen LogP contribution >= 0.6 is 0 Å². The molecule has 6 N–H and O–H groups in total. The first-order chi connectivity index (χ1) is 11.3. The highest BCUT2D eigenvalue weighted by Crippen LogP contribution is 2.23. The number of hydrazine groups is 1. The summed E-state index contributed by atoms with van der Waals surface area (Å²) in [5, 5.41) is 28.1. The second-order valence-electron chi connectivity index (χ2n) is 4.87. The number of hydroxylamine groups is 1. The zero-order valence-corrected chi connectivity index (χ0v) is 12.7. The van der Waals surface area contributed by atoms with Gasteiger partial charge in [-0.05, 0) is 5.56 Å². The molecule has 1 atom stereocenters. The van der Waals surface area contributed by atoms with Crippen LogP contribution in [-0.4, -0.2) is 50.7 Å². The van der Waals surface area contributed by atoms with Crippen molar-refractivity contribution < 1.29 is 34.5 Å². The molecule has 0 aliphatic rings. The molecule has 132 valence electrons. The van der Waals surface area contributed by atoms with E-state index in [-0.39, 0.29) is 11.8 Å². The number of nitrogens with one attached hydrogen (secondary N) is 1. The Balaban J connectivity index is 2.98. The van der Waals surface area contributed by atoms with Gasteiger partial charge in [0.15, 0.2) is 0 Å². The lowest BCUT2D eigenvalue weighted by Crippen LogP contribution is -2.61. The number of rotatable bonds is 11. The van der Waals surface area contributed by atoms with Crippen LogP contribution < -0.4 is 11.2 Å². The first kappa shape index (κ1) is 19.5. The summed E-state index contributed by atoms with van der Waals surface area (Å²) < 4.78 is 5.33. The van der Waals surface area contributed by atoms with Crippen LogP contribution in [0.4, 0.5) is 0 Å². The molecule has 1 amide bonds. The molecule has 0 radical (unpaired) electrons. The van der Waals surface area contributed by atoms with E-state index in [0.29, 0.717) is 5.56 Å². The highest BCUT2D eigenvalue weighted by Gasteiger charge is 2.46. The van der Waals surface area contributed by atoms with Crippen LogP contribution in [0, 0.1) is 0 Å². The molecular formula is C14H19N3O7. The zero-order valence-electron chi connectivity index (χ0n) is 12.7. The van der Waals surface area contributed by atoms with Crippen LogP contribution in [0.2, 0.25) is 0 Å². The highest BCUT2D eigenvalue weighted by molar-refractivity contribution is 5.79. The lowest BCUT2D eigenvalue weighted by molar-refractivity contribution is -0.308. The molecule has 1 aromatic carbocycles. The average molecular weight is 341 g/mol. The van der Waals surface area contributed by atoms with E-state index in [1.54, 1.807) is 30.3 Å². The molecule has 10 heteroatoms. The van der Waals surface area contributed by atoms with E-state index < -0.39 is 43.0 Å². The predicted octanol–water partition coefficient (Wildman–Crippen LogP) is -0.470. The third-order valence-electron chi connectivity index (χ3n) is 3.09. The maximum absolute atomic E-state index is 11.7. The number of primary amides is 1. The van der Waals surface area contributed by atoms with Crippen molar-refractivity contribution in [3.8, 4) is 0 Å². The second kappa shape index (κ2) is 8.93. The van der Waals surface area contributed by atoms with Crippen LogP contribution in [0.1, 0.15) is 18.4 Å². The van der Waals surface area contributed by atoms with Gasteiger partial charge in [-0.1, -0.05) is 35.5 Å². The molecule has 1 aromatic rings. The number of ether oxygens (including phenoxy) is 1. The number of benzene rings is 1. The Hall–Kier alpha value is -2.53. The number of nitrogens with zero attached hydrogens (tertiary/aromatic N) is 1. The van der Waals surface area contributed by atoms with Crippen LogP contribution in [0.25, 0.3) is 0 Å². The number of nitrogens with two attached hydrogens (primary N) is 1. The molecule has 0 aliphatic carbocycles. The lowest BCUT2D eigenvalue weighted by Gasteiger charge is -2.35. The van der Waals surface area contributed by atoms with E-state index in [9.17, 15) is 24.7 Å². The van der Waals surface area contributed by atoms with E-state index in [0.717, 1.165) is 0 Å². The molecule has 1 rings (SSSR count). The number of carbonyl (C=O) groups excluding carboxylic acids is 1. The second-order valence-corrected chi connectivity index (χ2v) is 4.87. The minimum Gasteiger partial charge on any atom is -0.480 e. The summed E-state index contributed by atoms with van der Waals surface area (Å²) in [5.41, 5.74) is 5.25. The zero-order chi connectivity index (χ0) is 18.2. The number of hydrogen-bond acceptors (Lipinski definition) is 7. The van der Waals surface area contributed by atoms with Gasteiger partial charge in [0.1, 0.15) is 6.54 Å². The normalized spacial score (nSPS) is 13.4. The SMILES string of the molecule is NC(=O)CC[C@@](OCc1ccccc1)(C(=O)O)N(O)NCC(=O)O. The monoisotopic (exact) mass is 341 g/mol. The van der Waals surface area contributed by atoms with Crippen molar-refractivity contribution >= 4 is 17.8 Å². The summed E-state index contributed by atoms with van der Waals surface area (Å²) in [4.78, 5) is 33.2. The Bertz CT molecular complexity index is 581. The Morgan fingerprint density at radius 3 is 2.33 bits per heavy atom. The topological polar surface area (TPSA) is 162 Å². The molecule has 0 saturated heterocycles. The summed E-state index contributed by atoms with van der Waals surface area (Å²) in [6, 6.07) is 8.53. The fourth-order valence-electron chi connectivity index (χ4n) is 1.84. The summed E-state index contributed by atoms with van der Waals surface area (Å²) in [5.74, 6) is -3.73. The third kappa shape index (κ3) is 5.59. The maximum Gasteiger partial charge on any atom is 0.355 e. The predicted molar refractivity (Wildman–Crippen MR) is 79.3 cm³/mol. The highest BCUT2D eigenvalue weighted by atomic mass is 16.6. The number of amides is 1. The molecule has 0 heterocycles. The van der Waals surface area contributed by atoms with Crippen molar-refractivity contribution in [1.82, 2.24) is 10.6 Å². The lowest BCUT2D eigenvalue weighted by atomic mass is 10.1. The van der Waals surface area contributed by atoms with E-state index in [1.807, 2.05) is 5.43 Å². The van der Waals surface area contributed by atoms with Crippen LogP contribution in [0.3, 0.4) is 0 Å². The van der Waals surface area contributed by atoms with Crippen LogP contribution in [0.5, 0.6) is 0 Å². The van der Waals surface area contributed by atoms with Gasteiger partial charge in [-0.2, -0.15) is 0 Å². The van der Waals surface area contributed by atoms with E-state index in [1.165, 1.54) is 0 Å². The molecule has 0 saturated carbocycles. The molecular weight excluding hydrogens is 322 g/mol. The molecule has 0 aromatic heterocycles. The molecule has 10 nitrogen and oxygen atoms in total. The minimum atomic E-state index is -2.39. The molecule has 0 bridgehead atoms. The van der Waals surface area contributed by atoms with Crippen LogP contribution in [-0.2, 0) is 25.7 Å². The summed E-state index contributed by atoms with van der Waals surface area (Å²) in [6.07, 6.45) is -0.888. The van der Waals surface area contributed by atoms with Gasteiger partial charge in [-0.25, -0.2) is 10.2 Å². The van der Waals surface area contributed by atoms with Crippen molar-refractivity contribution in [3.63, 3.8) is 0 Å². The standard InChI is InChI=1S/C14H19N3O7/c15-11(18)6-7-14(13(21)22,17(23)16-8-12(19)20)24-9-10-4-2-1-3-5-10/h1-5,16,23H,6-9H2,(H2,15,18)(H,19,20)(H,21,22)/t14-/m1/s1. The van der Waals surface area contributed by atoms with Crippen LogP contribution in [0.15, 0.2) is 30.3 Å². The summed E-state index contributed by atoms with van der Waals surface area (Å²) >= 11 is 0. The Morgan fingerprint density at radius 2 is 1.83 bits per heavy atom. The Labute approximate surface area is 137 Å². The van der Waals surface area contributed by atoms with Crippen molar-refractivity contribution in [2.24, 2.45) is 5.73 Å². The van der Waals surface area contributed by atoms with Gasteiger partial charge in [0.05, 0.1) is 6.61 Å². The Kier molecular flexibility index (Phi) is 7.27. The number of aliphatic carboxylic acids is 2. The first-order valence-electron chi connectivity index (χ1n) is 6.92. The van der Waals surface area contributed by atoms with Crippen molar-refractivity contribution in [2.75, 3.05) is 6.54 Å². The van der Waals surface area contributed by atoms with Gasteiger partial charge >= 0.3 is 11.9 Å². The smallest absolute Gasteiger partial charge is 0.355 e. The number of carboxylic acids is 2. The van der Waals surface area contributed by atoms with Crippen molar-refractivity contribution in [3.05, 3.63) is 35.9 Å². The van der Waals surface area contributed by atoms with Gasteiger partial charge in [0.2, 0.25) is 5.91 Å². The fourth-order valence-corrected chi connectivity index (χ4v) is 1.84.